The van der Waals surface area contributed by atoms with Crippen LogP contribution in [0.5, 0.6) is 0 Å². The lowest BCUT2D eigenvalue weighted by atomic mass is 9.94. The summed E-state index contributed by atoms with van der Waals surface area (Å²) in [4.78, 5) is 16.0. The van der Waals surface area contributed by atoms with Crippen LogP contribution in [0.1, 0.15) is 29.2 Å². The van der Waals surface area contributed by atoms with E-state index in [1.807, 2.05) is 12.1 Å². The summed E-state index contributed by atoms with van der Waals surface area (Å²) in [5, 5.41) is 6.34. The predicted molar refractivity (Wildman–Crippen MR) is 102 cm³/mol. The van der Waals surface area contributed by atoms with E-state index in [0.29, 0.717) is 31.5 Å². The summed E-state index contributed by atoms with van der Waals surface area (Å²) in [7, 11) is 0. The van der Waals surface area contributed by atoms with Gasteiger partial charge in [0.05, 0.1) is 6.04 Å². The monoisotopic (exact) mass is 353 g/mol. The Morgan fingerprint density at radius 1 is 1.27 bits per heavy atom. The summed E-state index contributed by atoms with van der Waals surface area (Å²) >= 11 is 0. The number of aryl methyl sites for hydroxylation is 1. The SMILES string of the molecule is Cc1ccc(C2NNCC2CNCCC(=O)NCc2cccnc2)cc1. The number of aromatic nitrogens is 1. The van der Waals surface area contributed by atoms with Crippen LogP contribution in [0.2, 0.25) is 0 Å². The van der Waals surface area contributed by atoms with Crippen LogP contribution in [0.3, 0.4) is 0 Å². The van der Waals surface area contributed by atoms with E-state index in [-0.39, 0.29) is 5.91 Å². The molecule has 4 N–H and O–H groups in total. The zero-order valence-electron chi connectivity index (χ0n) is 15.2. The second-order valence-corrected chi connectivity index (χ2v) is 6.77. The highest BCUT2D eigenvalue weighted by molar-refractivity contribution is 5.76. The number of carbonyl (C=O) groups excluding carboxylic acids is 1. The van der Waals surface area contributed by atoms with Crippen molar-refractivity contribution < 1.29 is 4.79 Å². The van der Waals surface area contributed by atoms with Gasteiger partial charge in [-0.15, -0.1) is 0 Å². The summed E-state index contributed by atoms with van der Waals surface area (Å²) in [6, 6.07) is 12.8. The van der Waals surface area contributed by atoms with Crippen molar-refractivity contribution in [3.05, 3.63) is 65.5 Å². The topological polar surface area (TPSA) is 78.1 Å². The molecule has 1 amide bonds. The highest BCUT2D eigenvalue weighted by Gasteiger charge is 2.27. The minimum absolute atomic E-state index is 0.0547. The van der Waals surface area contributed by atoms with Gasteiger partial charge in [-0.25, -0.2) is 5.43 Å². The van der Waals surface area contributed by atoms with E-state index in [4.69, 9.17) is 0 Å². The second-order valence-electron chi connectivity index (χ2n) is 6.77. The van der Waals surface area contributed by atoms with Gasteiger partial charge in [0.2, 0.25) is 5.91 Å². The molecule has 1 aliphatic rings. The molecule has 1 aliphatic heterocycles. The zero-order valence-corrected chi connectivity index (χ0v) is 15.2. The van der Waals surface area contributed by atoms with E-state index in [0.717, 1.165) is 18.7 Å². The van der Waals surface area contributed by atoms with Gasteiger partial charge in [-0.05, 0) is 24.1 Å². The van der Waals surface area contributed by atoms with Crippen LogP contribution < -0.4 is 21.5 Å². The first-order chi connectivity index (χ1) is 12.7. The molecule has 2 heterocycles. The van der Waals surface area contributed by atoms with Crippen molar-refractivity contribution in [2.45, 2.75) is 25.9 Å². The molecule has 0 aliphatic carbocycles. The molecular weight excluding hydrogens is 326 g/mol. The number of hydrogen-bond donors (Lipinski definition) is 4. The number of rotatable bonds is 8. The lowest BCUT2D eigenvalue weighted by Crippen LogP contribution is -2.32. The van der Waals surface area contributed by atoms with E-state index < -0.39 is 0 Å². The van der Waals surface area contributed by atoms with Crippen LogP contribution in [-0.4, -0.2) is 30.5 Å². The van der Waals surface area contributed by atoms with Gasteiger partial charge < -0.3 is 10.6 Å². The Bertz CT molecular complexity index is 689. The van der Waals surface area contributed by atoms with Gasteiger partial charge in [0.1, 0.15) is 0 Å². The third-order valence-electron chi connectivity index (χ3n) is 4.68. The van der Waals surface area contributed by atoms with E-state index in [1.54, 1.807) is 12.4 Å². The van der Waals surface area contributed by atoms with E-state index in [9.17, 15) is 4.79 Å². The summed E-state index contributed by atoms with van der Waals surface area (Å²) in [5.74, 6) is 0.510. The molecule has 1 saturated heterocycles. The molecule has 26 heavy (non-hydrogen) atoms. The molecule has 6 nitrogen and oxygen atoms in total. The highest BCUT2D eigenvalue weighted by Crippen LogP contribution is 2.24. The average Bonchev–Trinajstić information content (AvgIpc) is 3.13. The number of pyridine rings is 1. The Kier molecular flexibility index (Phi) is 6.71. The molecule has 2 unspecified atom stereocenters. The van der Waals surface area contributed by atoms with Crippen molar-refractivity contribution in [1.29, 1.82) is 0 Å². The summed E-state index contributed by atoms with van der Waals surface area (Å²) in [6.45, 7) is 5.09. The van der Waals surface area contributed by atoms with E-state index in [1.165, 1.54) is 11.1 Å². The fraction of sp³-hybridized carbons (Fsp3) is 0.400. The smallest absolute Gasteiger partial charge is 0.221 e. The molecule has 138 valence electrons. The van der Waals surface area contributed by atoms with E-state index >= 15 is 0 Å². The molecule has 0 spiro atoms. The van der Waals surface area contributed by atoms with Crippen LogP contribution in [-0.2, 0) is 11.3 Å². The minimum atomic E-state index is 0.0547. The fourth-order valence-electron chi connectivity index (χ4n) is 3.14. The molecule has 0 saturated carbocycles. The molecule has 1 fully saturated rings. The maximum Gasteiger partial charge on any atom is 0.221 e. The van der Waals surface area contributed by atoms with Crippen LogP contribution in [0, 0.1) is 12.8 Å². The van der Waals surface area contributed by atoms with Crippen molar-refractivity contribution in [1.82, 2.24) is 26.5 Å². The Labute approximate surface area is 154 Å². The number of hydrazine groups is 1. The van der Waals surface area contributed by atoms with Gasteiger partial charge in [-0.1, -0.05) is 35.9 Å². The van der Waals surface area contributed by atoms with Gasteiger partial charge in [-0.2, -0.15) is 0 Å². The molecule has 1 aromatic carbocycles. The lowest BCUT2D eigenvalue weighted by Gasteiger charge is -2.19. The Morgan fingerprint density at radius 2 is 2.12 bits per heavy atom. The normalized spacial score (nSPS) is 19.4. The van der Waals surface area contributed by atoms with Crippen molar-refractivity contribution in [3.8, 4) is 0 Å². The van der Waals surface area contributed by atoms with Crippen LogP contribution >= 0.6 is 0 Å². The molecule has 3 rings (SSSR count). The Morgan fingerprint density at radius 3 is 2.88 bits per heavy atom. The van der Waals surface area contributed by atoms with Crippen molar-refractivity contribution >= 4 is 5.91 Å². The van der Waals surface area contributed by atoms with Crippen molar-refractivity contribution in [3.63, 3.8) is 0 Å². The van der Waals surface area contributed by atoms with E-state index in [2.05, 4.69) is 57.7 Å². The number of amides is 1. The molecule has 6 heteroatoms. The first kappa shape index (κ1) is 18.5. The number of nitrogens with zero attached hydrogens (tertiary/aromatic N) is 1. The van der Waals surface area contributed by atoms with Crippen molar-refractivity contribution in [2.75, 3.05) is 19.6 Å². The first-order valence-electron chi connectivity index (χ1n) is 9.13. The minimum Gasteiger partial charge on any atom is -0.352 e. The number of nitrogens with one attached hydrogen (secondary N) is 4. The van der Waals surface area contributed by atoms with Crippen LogP contribution in [0.25, 0.3) is 0 Å². The molecule has 0 radical (unpaired) electrons. The number of carbonyl (C=O) groups is 1. The quantitative estimate of drug-likeness (QED) is 0.541. The molecule has 1 aromatic heterocycles. The largest absolute Gasteiger partial charge is 0.352 e. The Balaban J connectivity index is 1.36. The number of benzene rings is 1. The van der Waals surface area contributed by atoms with Crippen molar-refractivity contribution in [2.24, 2.45) is 5.92 Å². The standard InChI is InChI=1S/C20H27N5O/c1-15-4-6-17(7-5-15)20-18(14-24-25-20)13-22-10-8-19(26)23-12-16-3-2-9-21-11-16/h2-7,9,11,18,20,22,24-25H,8,10,12-14H2,1H3,(H,23,26). The van der Waals surface area contributed by atoms with Gasteiger partial charge in [0, 0.05) is 50.9 Å². The molecule has 2 aromatic rings. The van der Waals surface area contributed by atoms with Gasteiger partial charge in [0.25, 0.3) is 0 Å². The predicted octanol–water partition coefficient (Wildman–Crippen LogP) is 1.45. The molecule has 0 bridgehead atoms. The van der Waals surface area contributed by atoms with Crippen LogP contribution in [0.4, 0.5) is 0 Å². The average molecular weight is 353 g/mol. The maximum absolute atomic E-state index is 11.9. The lowest BCUT2D eigenvalue weighted by molar-refractivity contribution is -0.121. The summed E-state index contributed by atoms with van der Waals surface area (Å²) < 4.78 is 0. The van der Waals surface area contributed by atoms with Crippen LogP contribution in [0.15, 0.2) is 48.8 Å². The number of hydrogen-bond acceptors (Lipinski definition) is 5. The maximum atomic E-state index is 11.9. The Hall–Kier alpha value is -2.28. The van der Waals surface area contributed by atoms with Gasteiger partial charge >= 0.3 is 0 Å². The fourth-order valence-corrected chi connectivity index (χ4v) is 3.14. The summed E-state index contributed by atoms with van der Waals surface area (Å²) in [6.07, 6.45) is 3.97. The van der Waals surface area contributed by atoms with Gasteiger partial charge in [-0.3, -0.25) is 15.2 Å². The zero-order chi connectivity index (χ0) is 18.2. The molecular formula is C20H27N5O. The first-order valence-corrected chi connectivity index (χ1v) is 9.13. The second kappa shape index (κ2) is 9.43. The summed E-state index contributed by atoms with van der Waals surface area (Å²) in [5.41, 5.74) is 10.2. The molecule has 2 atom stereocenters. The van der Waals surface area contributed by atoms with Gasteiger partial charge in [0.15, 0.2) is 0 Å². The third kappa shape index (κ3) is 5.36. The third-order valence-corrected chi connectivity index (χ3v) is 4.68. The highest BCUT2D eigenvalue weighted by atomic mass is 16.1.